The molecule has 0 atom stereocenters. The largest absolute Gasteiger partial charge is 0.456 e. The van der Waals surface area contributed by atoms with Crippen LogP contribution in [0.2, 0.25) is 0 Å². The first-order valence-electron chi connectivity index (χ1n) is 6.38. The highest BCUT2D eigenvalue weighted by Gasteiger charge is 2.11. The summed E-state index contributed by atoms with van der Waals surface area (Å²) in [5.41, 5.74) is 7.13. The smallest absolute Gasteiger partial charge is 0.162 e. The topological polar surface area (TPSA) is 48.1 Å². The average Bonchev–Trinajstić information content (AvgIpc) is 2.51. The number of rotatable bonds is 3. The van der Waals surface area contributed by atoms with Gasteiger partial charge < -0.3 is 10.5 Å². The van der Waals surface area contributed by atoms with Crippen LogP contribution in [0.25, 0.3) is 10.9 Å². The van der Waals surface area contributed by atoms with E-state index in [1.807, 2.05) is 24.3 Å². The van der Waals surface area contributed by atoms with E-state index in [2.05, 4.69) is 4.98 Å². The highest BCUT2D eigenvalue weighted by molar-refractivity contribution is 5.86. The molecule has 0 amide bonds. The Bertz CT molecular complexity index is 805. The van der Waals surface area contributed by atoms with Gasteiger partial charge in [-0.05, 0) is 24.3 Å². The Morgan fingerprint density at radius 2 is 1.86 bits per heavy atom. The number of halogens is 2. The van der Waals surface area contributed by atoms with E-state index in [1.165, 1.54) is 6.07 Å². The normalized spacial score (nSPS) is 10.8. The first kappa shape index (κ1) is 13.5. The highest BCUT2D eigenvalue weighted by Crippen LogP contribution is 2.32. The molecule has 0 unspecified atom stereocenters. The van der Waals surface area contributed by atoms with Crippen molar-refractivity contribution in [3.8, 4) is 11.5 Å². The first-order chi connectivity index (χ1) is 10.2. The Balaban J connectivity index is 2.11. The molecule has 0 radical (unpaired) electrons. The molecule has 2 N–H and O–H groups in total. The number of nitrogens with zero attached hydrogens (tertiary/aromatic N) is 1. The van der Waals surface area contributed by atoms with Gasteiger partial charge in [0, 0.05) is 29.8 Å². The lowest BCUT2D eigenvalue weighted by atomic mass is 10.1. The van der Waals surface area contributed by atoms with Crippen molar-refractivity contribution >= 4 is 10.9 Å². The third-order valence-electron chi connectivity index (χ3n) is 3.13. The summed E-state index contributed by atoms with van der Waals surface area (Å²) in [5.74, 6) is -1.16. The van der Waals surface area contributed by atoms with Crippen LogP contribution in [0.3, 0.4) is 0 Å². The summed E-state index contributed by atoms with van der Waals surface area (Å²) < 4.78 is 32.0. The van der Waals surface area contributed by atoms with Gasteiger partial charge in [-0.15, -0.1) is 0 Å². The molecule has 1 aromatic heterocycles. The third-order valence-corrected chi connectivity index (χ3v) is 3.13. The summed E-state index contributed by atoms with van der Waals surface area (Å²) in [5, 5.41) is 0.769. The lowest BCUT2D eigenvalue weighted by molar-refractivity contribution is 0.461. The number of hydrogen-bond donors (Lipinski definition) is 1. The number of hydrogen-bond acceptors (Lipinski definition) is 3. The van der Waals surface area contributed by atoms with Crippen molar-refractivity contribution in [2.45, 2.75) is 6.54 Å². The Labute approximate surface area is 120 Å². The molecule has 2 aromatic carbocycles. The Morgan fingerprint density at radius 1 is 1.05 bits per heavy atom. The van der Waals surface area contributed by atoms with E-state index in [-0.39, 0.29) is 12.3 Å². The number of nitrogens with two attached hydrogens (primary N) is 1. The number of ether oxygens (including phenoxy) is 1. The second kappa shape index (κ2) is 5.46. The molecule has 0 saturated heterocycles. The minimum atomic E-state index is -0.958. The predicted molar refractivity (Wildman–Crippen MR) is 76.1 cm³/mol. The maximum Gasteiger partial charge on any atom is 0.162 e. The molecule has 0 spiro atoms. The van der Waals surface area contributed by atoms with Crippen molar-refractivity contribution in [3.05, 3.63) is 65.9 Å². The van der Waals surface area contributed by atoms with Crippen LogP contribution < -0.4 is 10.5 Å². The maximum absolute atomic E-state index is 13.3. The van der Waals surface area contributed by atoms with Crippen molar-refractivity contribution in [2.24, 2.45) is 5.73 Å². The molecule has 1 heterocycles. The van der Waals surface area contributed by atoms with Crippen LogP contribution in [-0.4, -0.2) is 4.98 Å². The van der Waals surface area contributed by atoms with Crippen LogP contribution in [0.1, 0.15) is 5.56 Å². The zero-order valence-electron chi connectivity index (χ0n) is 11.0. The van der Waals surface area contributed by atoms with E-state index in [9.17, 15) is 8.78 Å². The Morgan fingerprint density at radius 3 is 2.62 bits per heavy atom. The quantitative estimate of drug-likeness (QED) is 0.797. The lowest BCUT2D eigenvalue weighted by Crippen LogP contribution is -2.01. The maximum atomic E-state index is 13.3. The van der Waals surface area contributed by atoms with Gasteiger partial charge in [-0.3, -0.25) is 4.98 Å². The van der Waals surface area contributed by atoms with Crippen LogP contribution in [-0.2, 0) is 6.54 Å². The van der Waals surface area contributed by atoms with E-state index in [1.54, 1.807) is 6.20 Å². The Kier molecular flexibility index (Phi) is 3.50. The van der Waals surface area contributed by atoms with E-state index in [4.69, 9.17) is 10.5 Å². The molecule has 3 nitrogen and oxygen atoms in total. The molecule has 0 bridgehead atoms. The zero-order chi connectivity index (χ0) is 14.8. The fraction of sp³-hybridized carbons (Fsp3) is 0.0625. The number of aromatic nitrogens is 1. The van der Waals surface area contributed by atoms with Gasteiger partial charge in [-0.25, -0.2) is 8.78 Å². The molecule has 0 fully saturated rings. The van der Waals surface area contributed by atoms with Crippen molar-refractivity contribution < 1.29 is 13.5 Å². The molecule has 0 aliphatic heterocycles. The summed E-state index contributed by atoms with van der Waals surface area (Å²) in [7, 11) is 0. The SMILES string of the molecule is NCc1cnc2ccccc2c1Oc1ccc(F)c(F)c1. The highest BCUT2D eigenvalue weighted by atomic mass is 19.2. The van der Waals surface area contributed by atoms with Gasteiger partial charge in [0.1, 0.15) is 11.5 Å². The van der Waals surface area contributed by atoms with Gasteiger partial charge in [-0.2, -0.15) is 0 Å². The minimum absolute atomic E-state index is 0.208. The lowest BCUT2D eigenvalue weighted by Gasteiger charge is -2.12. The molecule has 3 aromatic rings. The molecule has 106 valence electrons. The van der Waals surface area contributed by atoms with E-state index < -0.39 is 11.6 Å². The van der Waals surface area contributed by atoms with Gasteiger partial charge in [0.15, 0.2) is 11.6 Å². The van der Waals surface area contributed by atoms with Crippen molar-refractivity contribution in [3.63, 3.8) is 0 Å². The van der Waals surface area contributed by atoms with Crippen LogP contribution in [0.4, 0.5) is 8.78 Å². The molecular formula is C16H12F2N2O. The van der Waals surface area contributed by atoms with Gasteiger partial charge in [-0.1, -0.05) is 12.1 Å². The first-order valence-corrected chi connectivity index (χ1v) is 6.38. The third kappa shape index (κ3) is 2.55. The minimum Gasteiger partial charge on any atom is -0.456 e. The van der Waals surface area contributed by atoms with Gasteiger partial charge in [0.25, 0.3) is 0 Å². The van der Waals surface area contributed by atoms with E-state index in [0.717, 1.165) is 23.0 Å². The standard InChI is InChI=1S/C16H12F2N2O/c17-13-6-5-11(7-14(13)18)21-16-10(8-19)9-20-15-4-2-1-3-12(15)16/h1-7,9H,8,19H2. The van der Waals surface area contributed by atoms with Crippen molar-refractivity contribution in [1.29, 1.82) is 0 Å². The molecule has 5 heteroatoms. The van der Waals surface area contributed by atoms with Crippen LogP contribution in [0, 0.1) is 11.6 Å². The molecule has 21 heavy (non-hydrogen) atoms. The van der Waals surface area contributed by atoms with Crippen molar-refractivity contribution in [1.82, 2.24) is 4.98 Å². The fourth-order valence-electron chi connectivity index (χ4n) is 2.08. The van der Waals surface area contributed by atoms with Crippen molar-refractivity contribution in [2.75, 3.05) is 0 Å². The number of benzene rings is 2. The summed E-state index contributed by atoms with van der Waals surface area (Å²) in [4.78, 5) is 4.29. The van der Waals surface area contributed by atoms with Gasteiger partial charge in [0.2, 0.25) is 0 Å². The number of fused-ring (bicyclic) bond motifs is 1. The summed E-state index contributed by atoms with van der Waals surface area (Å²) in [6.45, 7) is 0.233. The zero-order valence-corrected chi connectivity index (χ0v) is 11.0. The summed E-state index contributed by atoms with van der Waals surface area (Å²) in [6.07, 6.45) is 1.62. The summed E-state index contributed by atoms with van der Waals surface area (Å²) in [6, 6.07) is 10.8. The van der Waals surface area contributed by atoms with E-state index >= 15 is 0 Å². The second-order valence-corrected chi connectivity index (χ2v) is 4.51. The second-order valence-electron chi connectivity index (χ2n) is 4.51. The monoisotopic (exact) mass is 286 g/mol. The molecule has 0 saturated carbocycles. The molecule has 0 aliphatic rings. The summed E-state index contributed by atoms with van der Waals surface area (Å²) >= 11 is 0. The molecular weight excluding hydrogens is 274 g/mol. The molecule has 3 rings (SSSR count). The predicted octanol–water partition coefficient (Wildman–Crippen LogP) is 3.76. The fourth-order valence-corrected chi connectivity index (χ4v) is 2.08. The molecule has 0 aliphatic carbocycles. The Hall–Kier alpha value is -2.53. The van der Waals surface area contributed by atoms with Crippen LogP contribution >= 0.6 is 0 Å². The number of para-hydroxylation sites is 1. The van der Waals surface area contributed by atoms with Gasteiger partial charge in [0.05, 0.1) is 5.52 Å². The van der Waals surface area contributed by atoms with Crippen LogP contribution in [0.5, 0.6) is 11.5 Å². The average molecular weight is 286 g/mol. The van der Waals surface area contributed by atoms with Crippen LogP contribution in [0.15, 0.2) is 48.7 Å². The van der Waals surface area contributed by atoms with E-state index in [0.29, 0.717) is 11.3 Å². The van der Waals surface area contributed by atoms with Gasteiger partial charge >= 0.3 is 0 Å². The number of pyridine rings is 1.